The third-order valence-corrected chi connectivity index (χ3v) is 3.86. The minimum Gasteiger partial charge on any atom is -0.348 e. The van der Waals surface area contributed by atoms with Crippen molar-refractivity contribution < 1.29 is 14.0 Å². The molecule has 23 heavy (non-hydrogen) atoms. The van der Waals surface area contributed by atoms with Gasteiger partial charge in [-0.15, -0.1) is 0 Å². The highest BCUT2D eigenvalue weighted by molar-refractivity contribution is 5.99. The van der Waals surface area contributed by atoms with Crippen molar-refractivity contribution in [1.82, 2.24) is 5.32 Å². The van der Waals surface area contributed by atoms with Gasteiger partial charge in [0.2, 0.25) is 5.91 Å². The molecule has 1 saturated heterocycles. The first-order chi connectivity index (χ1) is 11.1. The first-order valence-electron chi connectivity index (χ1n) is 7.56. The quantitative estimate of drug-likeness (QED) is 0.944. The number of carbonyl (C=O) groups excluding carboxylic acids is 2. The molecule has 0 radical (unpaired) electrons. The van der Waals surface area contributed by atoms with Crippen molar-refractivity contribution in [3.63, 3.8) is 0 Å². The molecule has 2 aromatic carbocycles. The maximum absolute atomic E-state index is 12.9. The summed E-state index contributed by atoms with van der Waals surface area (Å²) in [7, 11) is 0. The predicted octanol–water partition coefficient (Wildman–Crippen LogP) is 2.88. The van der Waals surface area contributed by atoms with Crippen molar-refractivity contribution in [1.29, 1.82) is 0 Å². The molecule has 1 fully saturated rings. The van der Waals surface area contributed by atoms with Crippen LogP contribution < -0.4 is 10.2 Å². The van der Waals surface area contributed by atoms with E-state index in [-0.39, 0.29) is 17.6 Å². The number of hydrogen-bond donors (Lipinski definition) is 1. The summed E-state index contributed by atoms with van der Waals surface area (Å²) in [6.07, 6.45) is 1.40. The Balaban J connectivity index is 1.67. The van der Waals surface area contributed by atoms with Crippen LogP contribution in [-0.2, 0) is 11.3 Å². The number of hydrogen-bond acceptors (Lipinski definition) is 2. The molecule has 1 aliphatic heterocycles. The first-order valence-corrected chi connectivity index (χ1v) is 7.56. The number of benzene rings is 2. The van der Waals surface area contributed by atoms with E-state index in [1.54, 1.807) is 35.2 Å². The molecule has 3 rings (SSSR count). The van der Waals surface area contributed by atoms with Crippen LogP contribution in [0.15, 0.2) is 48.5 Å². The van der Waals surface area contributed by atoms with Crippen LogP contribution in [0.4, 0.5) is 10.1 Å². The average Bonchev–Trinajstić information content (AvgIpc) is 3.00. The van der Waals surface area contributed by atoms with Crippen LogP contribution in [0, 0.1) is 5.82 Å². The van der Waals surface area contributed by atoms with Crippen LogP contribution in [0.2, 0.25) is 0 Å². The summed E-state index contributed by atoms with van der Waals surface area (Å²) < 4.78 is 12.9. The molecule has 1 heterocycles. The van der Waals surface area contributed by atoms with Crippen molar-refractivity contribution in [3.8, 4) is 0 Å². The largest absolute Gasteiger partial charge is 0.348 e. The second kappa shape index (κ2) is 6.60. The zero-order chi connectivity index (χ0) is 16.2. The van der Waals surface area contributed by atoms with Gasteiger partial charge in [-0.25, -0.2) is 4.39 Å². The van der Waals surface area contributed by atoms with Crippen LogP contribution in [0.3, 0.4) is 0 Å². The summed E-state index contributed by atoms with van der Waals surface area (Å²) in [6, 6.07) is 13.0. The van der Waals surface area contributed by atoms with Crippen molar-refractivity contribution in [3.05, 3.63) is 65.5 Å². The summed E-state index contributed by atoms with van der Waals surface area (Å²) in [5.74, 6) is -0.431. The van der Waals surface area contributed by atoms with E-state index < -0.39 is 0 Å². The lowest BCUT2D eigenvalue weighted by Gasteiger charge is -2.16. The van der Waals surface area contributed by atoms with Gasteiger partial charge in [-0.3, -0.25) is 9.59 Å². The lowest BCUT2D eigenvalue weighted by molar-refractivity contribution is -0.117. The van der Waals surface area contributed by atoms with Gasteiger partial charge in [0.25, 0.3) is 5.91 Å². The van der Waals surface area contributed by atoms with Crippen LogP contribution in [0.1, 0.15) is 28.8 Å². The Labute approximate surface area is 133 Å². The normalized spacial score (nSPS) is 14.1. The number of amides is 2. The predicted molar refractivity (Wildman–Crippen MR) is 85.6 cm³/mol. The molecular weight excluding hydrogens is 295 g/mol. The molecule has 5 heteroatoms. The van der Waals surface area contributed by atoms with Crippen LogP contribution in [0.5, 0.6) is 0 Å². The Hall–Kier alpha value is -2.69. The summed E-state index contributed by atoms with van der Waals surface area (Å²) >= 11 is 0. The molecule has 0 bridgehead atoms. The molecule has 0 saturated carbocycles. The minimum atomic E-state index is -0.303. The topological polar surface area (TPSA) is 49.4 Å². The first kappa shape index (κ1) is 15.2. The Bertz CT molecular complexity index is 728. The van der Waals surface area contributed by atoms with Gasteiger partial charge < -0.3 is 10.2 Å². The van der Waals surface area contributed by atoms with E-state index in [1.165, 1.54) is 12.1 Å². The number of nitrogens with one attached hydrogen (secondary N) is 1. The number of anilines is 1. The van der Waals surface area contributed by atoms with Gasteiger partial charge in [-0.05, 0) is 42.3 Å². The maximum atomic E-state index is 12.9. The Morgan fingerprint density at radius 1 is 1.17 bits per heavy atom. The molecular formula is C18H17FN2O2. The lowest BCUT2D eigenvalue weighted by atomic mass is 10.1. The molecule has 2 aromatic rings. The van der Waals surface area contributed by atoms with Gasteiger partial charge in [0, 0.05) is 30.8 Å². The van der Waals surface area contributed by atoms with E-state index in [0.717, 1.165) is 17.7 Å². The highest BCUT2D eigenvalue weighted by Gasteiger charge is 2.22. The van der Waals surface area contributed by atoms with Gasteiger partial charge in [-0.2, -0.15) is 0 Å². The van der Waals surface area contributed by atoms with E-state index >= 15 is 0 Å². The molecule has 118 valence electrons. The Morgan fingerprint density at radius 2 is 1.96 bits per heavy atom. The third-order valence-electron chi connectivity index (χ3n) is 3.86. The van der Waals surface area contributed by atoms with Gasteiger partial charge >= 0.3 is 0 Å². The second-order valence-electron chi connectivity index (χ2n) is 5.51. The fourth-order valence-electron chi connectivity index (χ4n) is 2.62. The van der Waals surface area contributed by atoms with E-state index in [4.69, 9.17) is 0 Å². The molecule has 0 aliphatic carbocycles. The summed E-state index contributed by atoms with van der Waals surface area (Å²) in [4.78, 5) is 25.7. The monoisotopic (exact) mass is 312 g/mol. The Morgan fingerprint density at radius 3 is 2.65 bits per heavy atom. The van der Waals surface area contributed by atoms with Gasteiger partial charge in [0.1, 0.15) is 5.82 Å². The molecule has 4 nitrogen and oxygen atoms in total. The minimum absolute atomic E-state index is 0.0915. The standard InChI is InChI=1S/C18H17FN2O2/c19-15-8-6-13(7-9-15)12-20-18(23)14-3-1-4-16(11-14)21-10-2-5-17(21)22/h1,3-4,6-9,11H,2,5,10,12H2,(H,20,23). The van der Waals surface area contributed by atoms with Crippen LogP contribution in [0.25, 0.3) is 0 Å². The van der Waals surface area contributed by atoms with E-state index in [1.807, 2.05) is 6.07 Å². The lowest BCUT2D eigenvalue weighted by Crippen LogP contribution is -2.25. The summed E-state index contributed by atoms with van der Waals surface area (Å²) in [5.41, 5.74) is 2.08. The van der Waals surface area contributed by atoms with E-state index in [2.05, 4.69) is 5.32 Å². The van der Waals surface area contributed by atoms with Gasteiger partial charge in [0.05, 0.1) is 0 Å². The molecule has 2 amide bonds. The average molecular weight is 312 g/mol. The molecule has 0 atom stereocenters. The number of nitrogens with zero attached hydrogens (tertiary/aromatic N) is 1. The van der Waals surface area contributed by atoms with Gasteiger partial charge in [-0.1, -0.05) is 18.2 Å². The van der Waals surface area contributed by atoms with Crippen molar-refractivity contribution in [2.45, 2.75) is 19.4 Å². The zero-order valence-electron chi connectivity index (χ0n) is 12.6. The van der Waals surface area contributed by atoms with E-state index in [9.17, 15) is 14.0 Å². The number of rotatable bonds is 4. The third kappa shape index (κ3) is 3.56. The Kier molecular flexibility index (Phi) is 4.37. The van der Waals surface area contributed by atoms with Crippen LogP contribution in [-0.4, -0.2) is 18.4 Å². The van der Waals surface area contributed by atoms with Crippen LogP contribution >= 0.6 is 0 Å². The molecule has 0 spiro atoms. The number of halogens is 1. The molecule has 1 N–H and O–H groups in total. The molecule has 0 unspecified atom stereocenters. The summed E-state index contributed by atoms with van der Waals surface area (Å²) in [5, 5.41) is 2.80. The van der Waals surface area contributed by atoms with Crippen molar-refractivity contribution >= 4 is 17.5 Å². The fraction of sp³-hybridized carbons (Fsp3) is 0.222. The highest BCUT2D eigenvalue weighted by atomic mass is 19.1. The van der Waals surface area contributed by atoms with Crippen molar-refractivity contribution in [2.75, 3.05) is 11.4 Å². The molecule has 0 aromatic heterocycles. The number of carbonyl (C=O) groups is 2. The summed E-state index contributed by atoms with van der Waals surface area (Å²) in [6.45, 7) is 1.02. The van der Waals surface area contributed by atoms with E-state index in [0.29, 0.717) is 25.1 Å². The zero-order valence-corrected chi connectivity index (χ0v) is 12.6. The smallest absolute Gasteiger partial charge is 0.251 e. The fourth-order valence-corrected chi connectivity index (χ4v) is 2.62. The van der Waals surface area contributed by atoms with Crippen molar-refractivity contribution in [2.24, 2.45) is 0 Å². The maximum Gasteiger partial charge on any atom is 0.251 e. The highest BCUT2D eigenvalue weighted by Crippen LogP contribution is 2.22. The molecule has 1 aliphatic rings. The van der Waals surface area contributed by atoms with Gasteiger partial charge in [0.15, 0.2) is 0 Å². The SMILES string of the molecule is O=C(NCc1ccc(F)cc1)c1cccc(N2CCCC2=O)c1. The second-order valence-corrected chi connectivity index (χ2v) is 5.51.